The number of aromatic nitrogens is 2. The molecule has 0 aliphatic carbocycles. The molecule has 0 radical (unpaired) electrons. The number of aryl methyl sites for hydroxylation is 1. The van der Waals surface area contributed by atoms with Gasteiger partial charge in [0.15, 0.2) is 0 Å². The molecule has 2 aromatic heterocycles. The predicted molar refractivity (Wildman–Crippen MR) is 49.4 cm³/mol. The van der Waals surface area contributed by atoms with E-state index in [-0.39, 0.29) is 0 Å². The fraction of sp³-hybridized carbons (Fsp3) is 0.300. The average molecular weight is 176 g/mol. The molecule has 0 N–H and O–H groups in total. The number of rotatable bonds is 3. The summed E-state index contributed by atoms with van der Waals surface area (Å²) in [6.07, 6.45) is 6.42. The lowest BCUT2D eigenvalue weighted by Gasteiger charge is -2.02. The van der Waals surface area contributed by atoms with Crippen molar-refractivity contribution in [3.05, 3.63) is 42.4 Å². The van der Waals surface area contributed by atoms with Gasteiger partial charge in [0.05, 0.1) is 19.1 Å². The van der Waals surface area contributed by atoms with E-state index in [0.717, 1.165) is 18.7 Å². The van der Waals surface area contributed by atoms with Crippen LogP contribution in [0.4, 0.5) is 0 Å². The van der Waals surface area contributed by atoms with Gasteiger partial charge in [0.1, 0.15) is 5.76 Å². The van der Waals surface area contributed by atoms with Crippen molar-refractivity contribution in [3.8, 4) is 0 Å². The van der Waals surface area contributed by atoms with Crippen LogP contribution in [0.25, 0.3) is 0 Å². The van der Waals surface area contributed by atoms with Crippen molar-refractivity contribution in [2.75, 3.05) is 0 Å². The highest BCUT2D eigenvalue weighted by atomic mass is 16.3. The van der Waals surface area contributed by atoms with Gasteiger partial charge in [-0.05, 0) is 18.6 Å². The SMILES string of the molecule is CCc1cncn1Cc1ccco1. The Bertz CT molecular complexity index is 362. The summed E-state index contributed by atoms with van der Waals surface area (Å²) in [5.74, 6) is 0.965. The van der Waals surface area contributed by atoms with Gasteiger partial charge in [-0.15, -0.1) is 0 Å². The molecule has 0 saturated heterocycles. The monoisotopic (exact) mass is 176 g/mol. The normalized spacial score (nSPS) is 10.5. The van der Waals surface area contributed by atoms with Crippen LogP contribution < -0.4 is 0 Å². The van der Waals surface area contributed by atoms with Crippen LogP contribution >= 0.6 is 0 Å². The van der Waals surface area contributed by atoms with E-state index in [2.05, 4.69) is 16.5 Å². The second kappa shape index (κ2) is 3.47. The molecule has 68 valence electrons. The first-order valence-corrected chi connectivity index (χ1v) is 4.41. The maximum atomic E-state index is 5.26. The number of hydrogen-bond acceptors (Lipinski definition) is 2. The zero-order valence-corrected chi connectivity index (χ0v) is 7.60. The quantitative estimate of drug-likeness (QED) is 0.717. The van der Waals surface area contributed by atoms with E-state index in [4.69, 9.17) is 4.42 Å². The Balaban J connectivity index is 2.18. The number of imidazole rings is 1. The van der Waals surface area contributed by atoms with Gasteiger partial charge in [0.2, 0.25) is 0 Å². The zero-order chi connectivity index (χ0) is 9.10. The van der Waals surface area contributed by atoms with E-state index >= 15 is 0 Å². The van der Waals surface area contributed by atoms with Gasteiger partial charge in [-0.1, -0.05) is 6.92 Å². The first-order valence-electron chi connectivity index (χ1n) is 4.41. The zero-order valence-electron chi connectivity index (χ0n) is 7.60. The largest absolute Gasteiger partial charge is 0.467 e. The van der Waals surface area contributed by atoms with Gasteiger partial charge >= 0.3 is 0 Å². The third kappa shape index (κ3) is 1.64. The molecular formula is C10H12N2O. The van der Waals surface area contributed by atoms with Crippen LogP contribution in [-0.4, -0.2) is 9.55 Å². The van der Waals surface area contributed by atoms with Gasteiger partial charge in [-0.2, -0.15) is 0 Å². The standard InChI is InChI=1S/C10H12N2O/c1-2-9-6-11-8-12(9)7-10-4-3-5-13-10/h3-6,8H,2,7H2,1H3. The van der Waals surface area contributed by atoms with Crippen molar-refractivity contribution in [2.24, 2.45) is 0 Å². The molecule has 0 aliphatic rings. The molecule has 0 amide bonds. The number of nitrogens with zero attached hydrogens (tertiary/aromatic N) is 2. The van der Waals surface area contributed by atoms with E-state index in [9.17, 15) is 0 Å². The van der Waals surface area contributed by atoms with Crippen LogP contribution in [0, 0.1) is 0 Å². The summed E-state index contributed by atoms with van der Waals surface area (Å²) in [5.41, 5.74) is 1.23. The summed E-state index contributed by atoms with van der Waals surface area (Å²) >= 11 is 0. The smallest absolute Gasteiger partial charge is 0.123 e. The Morgan fingerprint density at radius 3 is 3.15 bits per heavy atom. The van der Waals surface area contributed by atoms with Crippen molar-refractivity contribution < 1.29 is 4.42 Å². The molecule has 0 fully saturated rings. The van der Waals surface area contributed by atoms with Gasteiger partial charge in [0, 0.05) is 11.9 Å². The van der Waals surface area contributed by atoms with Crippen LogP contribution in [-0.2, 0) is 13.0 Å². The van der Waals surface area contributed by atoms with Crippen molar-refractivity contribution in [2.45, 2.75) is 19.9 Å². The first-order chi connectivity index (χ1) is 6.40. The van der Waals surface area contributed by atoms with Gasteiger partial charge < -0.3 is 8.98 Å². The molecule has 0 spiro atoms. The van der Waals surface area contributed by atoms with Crippen molar-refractivity contribution in [1.29, 1.82) is 0 Å². The molecule has 0 aromatic carbocycles. The third-order valence-electron chi connectivity index (χ3n) is 2.07. The van der Waals surface area contributed by atoms with Gasteiger partial charge in [-0.25, -0.2) is 4.98 Å². The van der Waals surface area contributed by atoms with E-state index in [1.54, 1.807) is 6.26 Å². The minimum absolute atomic E-state index is 0.774. The van der Waals surface area contributed by atoms with E-state index in [1.807, 2.05) is 24.7 Å². The molecule has 2 heterocycles. The Kier molecular flexibility index (Phi) is 2.17. The van der Waals surface area contributed by atoms with Crippen LogP contribution in [0.5, 0.6) is 0 Å². The summed E-state index contributed by atoms with van der Waals surface area (Å²) in [6, 6.07) is 3.87. The Morgan fingerprint density at radius 2 is 2.46 bits per heavy atom. The Morgan fingerprint density at radius 1 is 1.54 bits per heavy atom. The lowest BCUT2D eigenvalue weighted by Crippen LogP contribution is -2.00. The summed E-state index contributed by atoms with van der Waals surface area (Å²) in [4.78, 5) is 4.09. The Labute approximate surface area is 77.0 Å². The van der Waals surface area contributed by atoms with Crippen molar-refractivity contribution in [1.82, 2.24) is 9.55 Å². The first kappa shape index (κ1) is 8.10. The van der Waals surface area contributed by atoms with E-state index < -0.39 is 0 Å². The topological polar surface area (TPSA) is 31.0 Å². The maximum absolute atomic E-state index is 5.26. The average Bonchev–Trinajstić information content (AvgIpc) is 2.76. The summed E-state index contributed by atoms with van der Waals surface area (Å²) < 4.78 is 7.35. The molecule has 0 atom stereocenters. The predicted octanol–water partition coefficient (Wildman–Crippen LogP) is 2.09. The fourth-order valence-corrected chi connectivity index (χ4v) is 1.36. The molecule has 0 saturated carbocycles. The van der Waals surface area contributed by atoms with Crippen LogP contribution in [0.2, 0.25) is 0 Å². The summed E-state index contributed by atoms with van der Waals surface area (Å²) in [7, 11) is 0. The highest BCUT2D eigenvalue weighted by molar-refractivity contribution is 5.04. The Hall–Kier alpha value is -1.51. The molecule has 2 aromatic rings. The molecule has 3 nitrogen and oxygen atoms in total. The second-order valence-corrected chi connectivity index (χ2v) is 2.95. The van der Waals surface area contributed by atoms with Crippen molar-refractivity contribution in [3.63, 3.8) is 0 Å². The fourth-order valence-electron chi connectivity index (χ4n) is 1.36. The molecule has 3 heteroatoms. The lowest BCUT2D eigenvalue weighted by atomic mass is 10.3. The molecule has 2 rings (SSSR count). The van der Waals surface area contributed by atoms with E-state index in [1.165, 1.54) is 5.69 Å². The number of hydrogen-bond donors (Lipinski definition) is 0. The van der Waals surface area contributed by atoms with Gasteiger partial charge in [-0.3, -0.25) is 0 Å². The van der Waals surface area contributed by atoms with Crippen LogP contribution in [0.1, 0.15) is 18.4 Å². The highest BCUT2D eigenvalue weighted by Gasteiger charge is 2.01. The second-order valence-electron chi connectivity index (χ2n) is 2.95. The van der Waals surface area contributed by atoms with Gasteiger partial charge in [0.25, 0.3) is 0 Å². The van der Waals surface area contributed by atoms with E-state index in [0.29, 0.717) is 0 Å². The molecule has 0 aliphatic heterocycles. The maximum Gasteiger partial charge on any atom is 0.123 e. The molecule has 0 bridgehead atoms. The highest BCUT2D eigenvalue weighted by Crippen LogP contribution is 2.06. The third-order valence-corrected chi connectivity index (χ3v) is 2.07. The molecule has 0 unspecified atom stereocenters. The van der Waals surface area contributed by atoms with Crippen LogP contribution in [0.15, 0.2) is 35.3 Å². The summed E-state index contributed by atoms with van der Waals surface area (Å²) in [5, 5.41) is 0. The van der Waals surface area contributed by atoms with Crippen molar-refractivity contribution >= 4 is 0 Å². The lowest BCUT2D eigenvalue weighted by molar-refractivity contribution is 0.490. The number of furan rings is 1. The minimum atomic E-state index is 0.774. The minimum Gasteiger partial charge on any atom is -0.467 e. The van der Waals surface area contributed by atoms with Crippen LogP contribution in [0.3, 0.4) is 0 Å². The summed E-state index contributed by atoms with van der Waals surface area (Å²) in [6.45, 7) is 2.89. The molecule has 13 heavy (non-hydrogen) atoms. The molecular weight excluding hydrogens is 164 g/mol.